The standard InChI is InChI=1S/C14H11FO/c1-3-9-7-11(16)8-10-5-6-13(15)12(4-2)14(9)10/h2,5-8,16H,3H2,1H3. The third-order valence-corrected chi connectivity index (χ3v) is 2.66. The van der Waals surface area contributed by atoms with Gasteiger partial charge < -0.3 is 5.11 Å². The Balaban J connectivity index is 2.97. The predicted octanol–water partition coefficient (Wildman–Crippen LogP) is 3.23. The van der Waals surface area contributed by atoms with E-state index < -0.39 is 5.82 Å². The van der Waals surface area contributed by atoms with E-state index in [9.17, 15) is 9.50 Å². The van der Waals surface area contributed by atoms with Gasteiger partial charge >= 0.3 is 0 Å². The molecule has 2 aromatic rings. The van der Waals surface area contributed by atoms with Crippen LogP contribution in [0.2, 0.25) is 0 Å². The lowest BCUT2D eigenvalue weighted by molar-refractivity contribution is 0.475. The first-order valence-electron chi connectivity index (χ1n) is 5.08. The second-order valence-corrected chi connectivity index (χ2v) is 3.62. The number of aromatic hydroxyl groups is 1. The molecule has 0 aromatic heterocycles. The monoisotopic (exact) mass is 214 g/mol. The Morgan fingerprint density at radius 2 is 2.12 bits per heavy atom. The van der Waals surface area contributed by atoms with Gasteiger partial charge in [0.25, 0.3) is 0 Å². The summed E-state index contributed by atoms with van der Waals surface area (Å²) in [5, 5.41) is 11.0. The smallest absolute Gasteiger partial charge is 0.139 e. The Labute approximate surface area is 93.5 Å². The predicted molar refractivity (Wildman–Crippen MR) is 62.9 cm³/mol. The summed E-state index contributed by atoms with van der Waals surface area (Å²) in [5.41, 5.74) is 1.14. The van der Waals surface area contributed by atoms with Crippen LogP contribution < -0.4 is 0 Å². The molecule has 2 aromatic carbocycles. The molecule has 0 fully saturated rings. The minimum absolute atomic E-state index is 0.180. The average molecular weight is 214 g/mol. The topological polar surface area (TPSA) is 20.2 Å². The molecule has 0 saturated heterocycles. The number of hydrogen-bond donors (Lipinski definition) is 1. The van der Waals surface area contributed by atoms with Gasteiger partial charge in [0.15, 0.2) is 0 Å². The Morgan fingerprint density at radius 1 is 1.38 bits per heavy atom. The van der Waals surface area contributed by atoms with Crippen LogP contribution in [-0.4, -0.2) is 5.11 Å². The molecule has 0 aliphatic heterocycles. The second-order valence-electron chi connectivity index (χ2n) is 3.62. The number of aryl methyl sites for hydroxylation is 1. The Bertz CT molecular complexity index is 594. The SMILES string of the molecule is C#Cc1c(F)ccc2cc(O)cc(CC)c12. The number of hydrogen-bond acceptors (Lipinski definition) is 1. The van der Waals surface area contributed by atoms with E-state index in [1.165, 1.54) is 6.07 Å². The van der Waals surface area contributed by atoms with E-state index in [4.69, 9.17) is 6.42 Å². The summed E-state index contributed by atoms with van der Waals surface area (Å²) >= 11 is 0. The summed E-state index contributed by atoms with van der Waals surface area (Å²) in [5.74, 6) is 2.16. The third kappa shape index (κ3) is 1.51. The molecule has 16 heavy (non-hydrogen) atoms. The van der Waals surface area contributed by atoms with Gasteiger partial charge in [0.1, 0.15) is 11.6 Å². The zero-order chi connectivity index (χ0) is 11.7. The van der Waals surface area contributed by atoms with Gasteiger partial charge in [-0.25, -0.2) is 4.39 Å². The minimum Gasteiger partial charge on any atom is -0.508 e. The summed E-state index contributed by atoms with van der Waals surface area (Å²) < 4.78 is 13.5. The van der Waals surface area contributed by atoms with Crippen LogP contribution in [0.15, 0.2) is 24.3 Å². The summed E-state index contributed by atoms with van der Waals surface area (Å²) in [6, 6.07) is 6.18. The number of benzene rings is 2. The van der Waals surface area contributed by atoms with Crippen molar-refractivity contribution in [3.8, 4) is 18.1 Å². The van der Waals surface area contributed by atoms with Gasteiger partial charge in [-0.05, 0) is 35.6 Å². The van der Waals surface area contributed by atoms with Crippen molar-refractivity contribution in [2.75, 3.05) is 0 Å². The first-order chi connectivity index (χ1) is 7.67. The van der Waals surface area contributed by atoms with Crippen molar-refractivity contribution < 1.29 is 9.50 Å². The maximum Gasteiger partial charge on any atom is 0.139 e. The molecular weight excluding hydrogens is 203 g/mol. The largest absolute Gasteiger partial charge is 0.508 e. The lowest BCUT2D eigenvalue weighted by Gasteiger charge is -2.08. The molecule has 0 aliphatic carbocycles. The van der Waals surface area contributed by atoms with Gasteiger partial charge in [-0.15, -0.1) is 6.42 Å². The van der Waals surface area contributed by atoms with Crippen LogP contribution in [-0.2, 0) is 6.42 Å². The molecule has 0 amide bonds. The van der Waals surface area contributed by atoms with Crippen molar-refractivity contribution in [1.82, 2.24) is 0 Å². The Morgan fingerprint density at radius 3 is 2.75 bits per heavy atom. The third-order valence-electron chi connectivity index (χ3n) is 2.66. The lowest BCUT2D eigenvalue weighted by Crippen LogP contribution is -1.91. The molecule has 0 spiro atoms. The molecule has 0 bridgehead atoms. The average Bonchev–Trinajstić information content (AvgIpc) is 2.28. The molecule has 0 aliphatic rings. The normalized spacial score (nSPS) is 10.3. The fourth-order valence-corrected chi connectivity index (χ4v) is 1.93. The molecule has 0 atom stereocenters. The molecule has 0 saturated carbocycles. The summed E-state index contributed by atoms with van der Waals surface area (Å²) in [6.45, 7) is 1.94. The summed E-state index contributed by atoms with van der Waals surface area (Å²) in [6.07, 6.45) is 6.02. The van der Waals surface area contributed by atoms with E-state index in [0.717, 1.165) is 16.3 Å². The van der Waals surface area contributed by atoms with Gasteiger partial charge in [-0.2, -0.15) is 0 Å². The molecular formula is C14H11FO. The van der Waals surface area contributed by atoms with E-state index in [1.807, 2.05) is 6.92 Å². The van der Waals surface area contributed by atoms with E-state index in [0.29, 0.717) is 6.42 Å². The van der Waals surface area contributed by atoms with Crippen LogP contribution in [0, 0.1) is 18.2 Å². The molecule has 0 unspecified atom stereocenters. The molecule has 1 N–H and O–H groups in total. The van der Waals surface area contributed by atoms with Gasteiger partial charge in [0.05, 0.1) is 5.56 Å². The van der Waals surface area contributed by atoms with Crippen LogP contribution in [0.4, 0.5) is 4.39 Å². The molecule has 0 heterocycles. The van der Waals surface area contributed by atoms with E-state index in [-0.39, 0.29) is 11.3 Å². The quantitative estimate of drug-likeness (QED) is 0.722. The van der Waals surface area contributed by atoms with Crippen molar-refractivity contribution in [2.45, 2.75) is 13.3 Å². The summed E-state index contributed by atoms with van der Waals surface area (Å²) in [4.78, 5) is 0. The first kappa shape index (κ1) is 10.5. The highest BCUT2D eigenvalue weighted by Gasteiger charge is 2.10. The van der Waals surface area contributed by atoms with E-state index in [1.54, 1.807) is 18.2 Å². The van der Waals surface area contributed by atoms with Crippen molar-refractivity contribution in [3.63, 3.8) is 0 Å². The maximum atomic E-state index is 13.5. The van der Waals surface area contributed by atoms with Gasteiger partial charge in [-0.1, -0.05) is 18.9 Å². The summed E-state index contributed by atoms with van der Waals surface area (Å²) in [7, 11) is 0. The van der Waals surface area contributed by atoms with E-state index in [2.05, 4.69) is 5.92 Å². The number of rotatable bonds is 1. The Hall–Kier alpha value is -2.01. The van der Waals surface area contributed by atoms with E-state index >= 15 is 0 Å². The second kappa shape index (κ2) is 3.86. The number of phenols is 1. The number of fused-ring (bicyclic) bond motifs is 1. The van der Waals surface area contributed by atoms with Crippen molar-refractivity contribution in [1.29, 1.82) is 0 Å². The molecule has 80 valence electrons. The molecule has 1 nitrogen and oxygen atoms in total. The van der Waals surface area contributed by atoms with Crippen LogP contribution in [0.1, 0.15) is 18.1 Å². The van der Waals surface area contributed by atoms with Crippen LogP contribution in [0.5, 0.6) is 5.75 Å². The number of phenolic OH excluding ortho intramolecular Hbond substituents is 1. The molecule has 0 radical (unpaired) electrons. The number of halogens is 1. The highest BCUT2D eigenvalue weighted by atomic mass is 19.1. The van der Waals surface area contributed by atoms with Crippen molar-refractivity contribution >= 4 is 10.8 Å². The fraction of sp³-hybridized carbons (Fsp3) is 0.143. The lowest BCUT2D eigenvalue weighted by atomic mass is 9.97. The molecule has 2 heteroatoms. The minimum atomic E-state index is -0.393. The van der Waals surface area contributed by atoms with Crippen molar-refractivity contribution in [3.05, 3.63) is 41.2 Å². The highest BCUT2D eigenvalue weighted by Crippen LogP contribution is 2.29. The van der Waals surface area contributed by atoms with Gasteiger partial charge in [0.2, 0.25) is 0 Å². The number of terminal acetylenes is 1. The van der Waals surface area contributed by atoms with Crippen molar-refractivity contribution in [2.24, 2.45) is 0 Å². The highest BCUT2D eigenvalue weighted by molar-refractivity contribution is 5.92. The van der Waals surface area contributed by atoms with Crippen LogP contribution >= 0.6 is 0 Å². The first-order valence-corrected chi connectivity index (χ1v) is 5.08. The van der Waals surface area contributed by atoms with Gasteiger partial charge in [-0.3, -0.25) is 0 Å². The Kier molecular flexibility index (Phi) is 2.54. The zero-order valence-electron chi connectivity index (χ0n) is 8.92. The van der Waals surface area contributed by atoms with Gasteiger partial charge in [0, 0.05) is 5.39 Å². The fourth-order valence-electron chi connectivity index (χ4n) is 1.93. The maximum absolute atomic E-state index is 13.5. The molecule has 2 rings (SSSR count). The van der Waals surface area contributed by atoms with Crippen LogP contribution in [0.3, 0.4) is 0 Å². The van der Waals surface area contributed by atoms with Crippen LogP contribution in [0.25, 0.3) is 10.8 Å². The zero-order valence-corrected chi connectivity index (χ0v) is 8.92.